The van der Waals surface area contributed by atoms with Crippen molar-refractivity contribution in [2.24, 2.45) is 0 Å². The Morgan fingerprint density at radius 1 is 1.13 bits per heavy atom. The van der Waals surface area contributed by atoms with Crippen molar-refractivity contribution in [3.8, 4) is 0 Å². The first-order chi connectivity index (χ1) is 10.9. The standard InChI is InChI=1S/C15H12Cl2FNO2S2/c16-10-4-2-5-11(17)15(10)23(20,21)19-13-7-8-22-14-9(13)3-1-6-12(14)18/h1-6,13,19H,7-8H2/t13-/m0/s1. The zero-order chi connectivity index (χ0) is 16.6. The Hall–Kier alpha value is -0.790. The summed E-state index contributed by atoms with van der Waals surface area (Å²) in [4.78, 5) is 0.330. The zero-order valence-electron chi connectivity index (χ0n) is 11.7. The van der Waals surface area contributed by atoms with Gasteiger partial charge in [0.1, 0.15) is 10.7 Å². The number of benzene rings is 2. The van der Waals surface area contributed by atoms with Gasteiger partial charge in [0.15, 0.2) is 0 Å². The van der Waals surface area contributed by atoms with E-state index in [1.165, 1.54) is 30.0 Å². The van der Waals surface area contributed by atoms with E-state index in [1.807, 2.05) is 0 Å². The summed E-state index contributed by atoms with van der Waals surface area (Å²) in [5.74, 6) is 0.282. The Balaban J connectivity index is 1.99. The fraction of sp³-hybridized carbons (Fsp3) is 0.200. The molecule has 0 fully saturated rings. The largest absolute Gasteiger partial charge is 0.244 e. The quantitative estimate of drug-likeness (QED) is 0.827. The predicted octanol–water partition coefficient (Wildman–Crippen LogP) is 4.65. The first-order valence-electron chi connectivity index (χ1n) is 6.77. The van der Waals surface area contributed by atoms with Crippen LogP contribution in [0.1, 0.15) is 18.0 Å². The minimum absolute atomic E-state index is 0.0506. The lowest BCUT2D eigenvalue weighted by atomic mass is 10.0. The van der Waals surface area contributed by atoms with Crippen LogP contribution in [0, 0.1) is 5.82 Å². The molecular weight excluding hydrogens is 380 g/mol. The predicted molar refractivity (Wildman–Crippen MR) is 91.3 cm³/mol. The number of nitrogens with one attached hydrogen (secondary N) is 1. The molecule has 2 aromatic carbocycles. The monoisotopic (exact) mass is 391 g/mol. The van der Waals surface area contributed by atoms with Crippen LogP contribution in [0.4, 0.5) is 4.39 Å². The molecule has 0 saturated carbocycles. The van der Waals surface area contributed by atoms with Gasteiger partial charge in [-0.25, -0.2) is 17.5 Å². The molecule has 1 atom stereocenters. The van der Waals surface area contributed by atoms with E-state index in [0.29, 0.717) is 22.6 Å². The average molecular weight is 392 g/mol. The molecule has 2 aromatic rings. The third-order valence-corrected chi connectivity index (χ3v) is 7.10. The lowest BCUT2D eigenvalue weighted by molar-refractivity contribution is 0.533. The van der Waals surface area contributed by atoms with Crippen molar-refractivity contribution in [3.63, 3.8) is 0 Å². The first-order valence-corrected chi connectivity index (χ1v) is 10.00. The number of sulfonamides is 1. The number of hydrogen-bond donors (Lipinski definition) is 1. The van der Waals surface area contributed by atoms with E-state index in [2.05, 4.69) is 4.72 Å². The van der Waals surface area contributed by atoms with Gasteiger partial charge in [0.05, 0.1) is 10.0 Å². The molecular formula is C15H12Cl2FNO2S2. The van der Waals surface area contributed by atoms with E-state index >= 15 is 0 Å². The van der Waals surface area contributed by atoms with Gasteiger partial charge in [-0.2, -0.15) is 0 Å². The van der Waals surface area contributed by atoms with Crippen LogP contribution < -0.4 is 4.72 Å². The smallest absolute Gasteiger partial charge is 0.207 e. The van der Waals surface area contributed by atoms with Crippen LogP contribution in [0.25, 0.3) is 0 Å². The van der Waals surface area contributed by atoms with Gasteiger partial charge in [0.25, 0.3) is 0 Å². The van der Waals surface area contributed by atoms with E-state index in [0.717, 1.165) is 0 Å². The summed E-state index contributed by atoms with van der Waals surface area (Å²) in [5, 5.41) is 0.101. The molecule has 0 aliphatic carbocycles. The van der Waals surface area contributed by atoms with Crippen LogP contribution in [0.3, 0.4) is 0 Å². The topological polar surface area (TPSA) is 46.2 Å². The van der Waals surface area contributed by atoms with Gasteiger partial charge in [-0.1, -0.05) is 41.4 Å². The minimum atomic E-state index is -3.92. The van der Waals surface area contributed by atoms with E-state index in [-0.39, 0.29) is 20.8 Å². The summed E-state index contributed by atoms with van der Waals surface area (Å²) < 4.78 is 41.8. The van der Waals surface area contributed by atoms with Gasteiger partial charge in [-0.15, -0.1) is 11.8 Å². The molecule has 3 nitrogen and oxygen atoms in total. The summed E-state index contributed by atoms with van der Waals surface area (Å²) in [6.07, 6.45) is 0.558. The maximum Gasteiger partial charge on any atom is 0.244 e. The van der Waals surface area contributed by atoms with Gasteiger partial charge >= 0.3 is 0 Å². The highest BCUT2D eigenvalue weighted by Gasteiger charge is 2.29. The highest BCUT2D eigenvalue weighted by Crippen LogP contribution is 2.39. The molecule has 3 rings (SSSR count). The Kier molecular flexibility index (Phi) is 4.90. The number of thioether (sulfide) groups is 1. The molecule has 1 aliphatic rings. The maximum absolute atomic E-state index is 13.9. The third kappa shape index (κ3) is 3.37. The molecule has 0 radical (unpaired) electrons. The van der Waals surface area contributed by atoms with Gasteiger partial charge < -0.3 is 0 Å². The van der Waals surface area contributed by atoms with Crippen molar-refractivity contribution in [3.05, 3.63) is 57.8 Å². The molecule has 122 valence electrons. The lowest BCUT2D eigenvalue weighted by Crippen LogP contribution is -2.31. The summed E-state index contributed by atoms with van der Waals surface area (Å²) in [6, 6.07) is 8.66. The zero-order valence-corrected chi connectivity index (χ0v) is 14.9. The molecule has 1 heterocycles. The Morgan fingerprint density at radius 3 is 2.48 bits per heavy atom. The number of hydrogen-bond acceptors (Lipinski definition) is 3. The molecule has 0 saturated heterocycles. The fourth-order valence-electron chi connectivity index (χ4n) is 2.49. The van der Waals surface area contributed by atoms with Crippen molar-refractivity contribution >= 4 is 45.0 Å². The van der Waals surface area contributed by atoms with Gasteiger partial charge in [-0.3, -0.25) is 0 Å². The fourth-order valence-corrected chi connectivity index (χ4v) is 6.03. The summed E-state index contributed by atoms with van der Waals surface area (Å²) in [5.41, 5.74) is 0.632. The number of rotatable bonds is 3. The Labute approximate surface area is 148 Å². The van der Waals surface area contributed by atoms with E-state index in [4.69, 9.17) is 23.2 Å². The molecule has 23 heavy (non-hydrogen) atoms. The molecule has 0 unspecified atom stereocenters. The highest BCUT2D eigenvalue weighted by molar-refractivity contribution is 7.99. The van der Waals surface area contributed by atoms with Crippen molar-refractivity contribution in [1.29, 1.82) is 0 Å². The maximum atomic E-state index is 13.9. The molecule has 0 bridgehead atoms. The molecule has 0 aromatic heterocycles. The van der Waals surface area contributed by atoms with Gasteiger partial charge in [0, 0.05) is 10.9 Å². The minimum Gasteiger partial charge on any atom is -0.207 e. The highest BCUT2D eigenvalue weighted by atomic mass is 35.5. The normalized spacial score (nSPS) is 17.8. The average Bonchev–Trinajstić information content (AvgIpc) is 2.47. The Bertz CT molecular complexity index is 838. The molecule has 0 amide bonds. The second kappa shape index (κ2) is 6.61. The summed E-state index contributed by atoms with van der Waals surface area (Å²) >= 11 is 13.4. The lowest BCUT2D eigenvalue weighted by Gasteiger charge is -2.26. The van der Waals surface area contributed by atoms with Crippen molar-refractivity contribution in [1.82, 2.24) is 4.72 Å². The SMILES string of the molecule is O=S(=O)(N[C@H]1CCSc2c(F)cccc21)c1c(Cl)cccc1Cl. The molecule has 1 aliphatic heterocycles. The van der Waals surface area contributed by atoms with Crippen LogP contribution in [0.5, 0.6) is 0 Å². The number of fused-ring (bicyclic) bond motifs is 1. The third-order valence-electron chi connectivity index (χ3n) is 3.51. The van der Waals surface area contributed by atoms with Gasteiger partial charge in [0.2, 0.25) is 10.0 Å². The first kappa shape index (κ1) is 17.0. The van der Waals surface area contributed by atoms with Crippen molar-refractivity contribution in [2.45, 2.75) is 22.3 Å². The summed E-state index contributed by atoms with van der Waals surface area (Å²) in [6.45, 7) is 0. The van der Waals surface area contributed by atoms with Crippen LogP contribution in [0.15, 0.2) is 46.2 Å². The van der Waals surface area contributed by atoms with Crippen LogP contribution >= 0.6 is 35.0 Å². The summed E-state index contributed by atoms with van der Waals surface area (Å²) in [7, 11) is -3.92. The van der Waals surface area contributed by atoms with Gasteiger partial charge in [-0.05, 0) is 35.9 Å². The second-order valence-electron chi connectivity index (χ2n) is 5.02. The van der Waals surface area contributed by atoms with E-state index in [1.54, 1.807) is 18.2 Å². The van der Waals surface area contributed by atoms with Crippen molar-refractivity contribution in [2.75, 3.05) is 5.75 Å². The molecule has 1 N–H and O–H groups in total. The number of halogens is 3. The van der Waals surface area contributed by atoms with E-state index in [9.17, 15) is 12.8 Å². The van der Waals surface area contributed by atoms with E-state index < -0.39 is 16.1 Å². The van der Waals surface area contributed by atoms with Crippen molar-refractivity contribution < 1.29 is 12.8 Å². The van der Waals surface area contributed by atoms with Crippen LogP contribution in [0.2, 0.25) is 10.0 Å². The van der Waals surface area contributed by atoms with Crippen LogP contribution in [-0.2, 0) is 10.0 Å². The second-order valence-corrected chi connectivity index (χ2v) is 8.59. The Morgan fingerprint density at radius 2 is 1.78 bits per heavy atom. The molecule has 0 spiro atoms. The molecule has 8 heteroatoms. The van der Waals surface area contributed by atoms with Crippen LogP contribution in [-0.4, -0.2) is 14.2 Å².